The highest BCUT2D eigenvalue weighted by atomic mass is 16.5. The SMILES string of the molecule is CC(=O)c1c(O)c(C)c(O)c2c1OC1=CC(=O)/C(=C(O)\C=C\N(C)C)C(=O)[C@@]12C. The van der Waals surface area contributed by atoms with Crippen LogP contribution in [0.3, 0.4) is 0 Å². The zero-order chi connectivity index (χ0) is 21.8. The second kappa shape index (κ2) is 6.51. The van der Waals surface area contributed by atoms with E-state index in [2.05, 4.69) is 0 Å². The summed E-state index contributed by atoms with van der Waals surface area (Å²) in [5, 5.41) is 31.3. The van der Waals surface area contributed by atoms with Crippen molar-refractivity contribution >= 4 is 17.3 Å². The van der Waals surface area contributed by atoms with Gasteiger partial charge in [0, 0.05) is 31.9 Å². The lowest BCUT2D eigenvalue weighted by molar-refractivity contribution is -0.123. The Kier molecular flexibility index (Phi) is 4.53. The Hall–Kier alpha value is -3.55. The molecule has 1 aromatic carbocycles. The fourth-order valence-corrected chi connectivity index (χ4v) is 3.55. The smallest absolute Gasteiger partial charge is 0.196 e. The first-order valence-electron chi connectivity index (χ1n) is 8.79. The molecule has 1 atom stereocenters. The minimum atomic E-state index is -1.65. The molecule has 0 saturated heterocycles. The highest BCUT2D eigenvalue weighted by Crippen LogP contribution is 2.57. The van der Waals surface area contributed by atoms with Crippen LogP contribution in [0.25, 0.3) is 0 Å². The van der Waals surface area contributed by atoms with E-state index in [1.807, 2.05) is 0 Å². The zero-order valence-electron chi connectivity index (χ0n) is 16.7. The van der Waals surface area contributed by atoms with Crippen LogP contribution in [0.4, 0.5) is 0 Å². The maximum absolute atomic E-state index is 13.4. The third-order valence-corrected chi connectivity index (χ3v) is 5.17. The molecule has 3 rings (SSSR count). The Morgan fingerprint density at radius 3 is 2.38 bits per heavy atom. The van der Waals surface area contributed by atoms with Gasteiger partial charge in [0.15, 0.2) is 17.3 Å². The summed E-state index contributed by atoms with van der Waals surface area (Å²) in [5.41, 5.74) is -2.31. The van der Waals surface area contributed by atoms with Crippen LogP contribution in [0, 0.1) is 6.92 Å². The van der Waals surface area contributed by atoms with E-state index in [4.69, 9.17) is 4.74 Å². The van der Waals surface area contributed by atoms with Crippen LogP contribution >= 0.6 is 0 Å². The van der Waals surface area contributed by atoms with Crippen molar-refractivity contribution in [3.8, 4) is 17.2 Å². The number of aliphatic hydroxyl groups is 1. The predicted molar refractivity (Wildman–Crippen MR) is 103 cm³/mol. The molecule has 3 N–H and O–H groups in total. The Labute approximate surface area is 167 Å². The lowest BCUT2D eigenvalue weighted by atomic mass is 9.70. The van der Waals surface area contributed by atoms with Crippen molar-refractivity contribution < 1.29 is 34.4 Å². The van der Waals surface area contributed by atoms with Gasteiger partial charge in [-0.3, -0.25) is 14.4 Å². The Bertz CT molecular complexity index is 1080. The van der Waals surface area contributed by atoms with Crippen molar-refractivity contribution in [2.24, 2.45) is 0 Å². The number of benzene rings is 1. The fraction of sp³-hybridized carbons (Fsp3) is 0.286. The largest absolute Gasteiger partial charge is 0.507 e. The quantitative estimate of drug-likeness (QED) is 0.306. The Morgan fingerprint density at radius 2 is 1.83 bits per heavy atom. The maximum Gasteiger partial charge on any atom is 0.196 e. The third kappa shape index (κ3) is 2.71. The van der Waals surface area contributed by atoms with E-state index in [0.717, 1.165) is 6.08 Å². The molecule has 0 radical (unpaired) electrons. The molecule has 0 amide bonds. The number of fused-ring (bicyclic) bond motifs is 3. The second-order valence-corrected chi connectivity index (χ2v) is 7.43. The summed E-state index contributed by atoms with van der Waals surface area (Å²) in [6, 6.07) is 0. The molecule has 8 nitrogen and oxygen atoms in total. The molecule has 0 bridgehead atoms. The molecule has 2 aliphatic rings. The molecule has 1 aromatic rings. The van der Waals surface area contributed by atoms with Gasteiger partial charge in [0.25, 0.3) is 0 Å². The first kappa shape index (κ1) is 20.2. The number of phenols is 2. The standard InChI is InChI=1S/C21H21NO7/c1-9-17(26)14(10(2)23)19-16(18(9)27)21(3)13(29-19)8-12(25)15(20(21)28)11(24)6-7-22(4)5/h6-8,24,26-27H,1-5H3/b7-6+,15-11-/t21-/m0/s1. The number of aliphatic hydroxyl groups excluding tert-OH is 1. The number of Topliss-reactive ketones (excluding diaryl/α,β-unsaturated/α-hetero) is 2. The molecule has 1 heterocycles. The Balaban J connectivity index is 2.34. The normalized spacial score (nSPS) is 22.2. The average molecular weight is 399 g/mol. The molecule has 0 aromatic heterocycles. The maximum atomic E-state index is 13.4. The molecular weight excluding hydrogens is 378 g/mol. The van der Waals surface area contributed by atoms with Crippen molar-refractivity contribution in [3.05, 3.63) is 52.1 Å². The van der Waals surface area contributed by atoms with Gasteiger partial charge in [0.05, 0.1) is 5.56 Å². The van der Waals surface area contributed by atoms with Crippen molar-refractivity contribution in [3.63, 3.8) is 0 Å². The number of phenolic OH excluding ortho intramolecular Hbond substituents is 2. The van der Waals surface area contributed by atoms with Crippen LogP contribution in [0.5, 0.6) is 17.2 Å². The van der Waals surface area contributed by atoms with Crippen LogP contribution in [-0.2, 0) is 15.0 Å². The molecule has 0 unspecified atom stereocenters. The van der Waals surface area contributed by atoms with Gasteiger partial charge >= 0.3 is 0 Å². The van der Waals surface area contributed by atoms with Crippen LogP contribution in [0.15, 0.2) is 35.4 Å². The number of nitrogens with zero attached hydrogens (tertiary/aromatic N) is 1. The first-order valence-corrected chi connectivity index (χ1v) is 8.79. The number of ketones is 3. The second-order valence-electron chi connectivity index (χ2n) is 7.43. The van der Waals surface area contributed by atoms with Crippen molar-refractivity contribution in [1.82, 2.24) is 4.90 Å². The number of carbonyl (C=O) groups excluding carboxylic acids is 3. The summed E-state index contributed by atoms with van der Waals surface area (Å²) in [6.45, 7) is 4.04. The molecule has 0 saturated carbocycles. The highest BCUT2D eigenvalue weighted by Gasteiger charge is 2.56. The molecule has 0 fully saturated rings. The number of ether oxygens (including phenoxy) is 1. The van der Waals surface area contributed by atoms with Gasteiger partial charge in [0.2, 0.25) is 0 Å². The van der Waals surface area contributed by atoms with Gasteiger partial charge in [0.1, 0.15) is 45.3 Å². The number of rotatable bonds is 3. The van der Waals surface area contributed by atoms with Crippen molar-refractivity contribution in [1.29, 1.82) is 0 Å². The lowest BCUT2D eigenvalue weighted by Gasteiger charge is -2.28. The van der Waals surface area contributed by atoms with E-state index in [9.17, 15) is 29.7 Å². The summed E-state index contributed by atoms with van der Waals surface area (Å²) in [5.74, 6) is -3.73. The van der Waals surface area contributed by atoms with E-state index >= 15 is 0 Å². The van der Waals surface area contributed by atoms with Crippen molar-refractivity contribution in [2.75, 3.05) is 14.1 Å². The molecule has 0 spiro atoms. The van der Waals surface area contributed by atoms with Crippen molar-refractivity contribution in [2.45, 2.75) is 26.2 Å². The monoisotopic (exact) mass is 399 g/mol. The molecular formula is C21H21NO7. The Morgan fingerprint density at radius 1 is 1.21 bits per heavy atom. The molecule has 1 aliphatic carbocycles. The lowest BCUT2D eigenvalue weighted by Crippen LogP contribution is -2.40. The molecule has 152 valence electrons. The minimum Gasteiger partial charge on any atom is -0.507 e. The van der Waals surface area contributed by atoms with Gasteiger partial charge in [-0.1, -0.05) is 0 Å². The first-order chi connectivity index (χ1) is 13.4. The van der Waals surface area contributed by atoms with E-state index < -0.39 is 45.6 Å². The van der Waals surface area contributed by atoms with E-state index in [1.165, 1.54) is 33.0 Å². The zero-order valence-corrected chi connectivity index (χ0v) is 16.7. The summed E-state index contributed by atoms with van der Waals surface area (Å²) < 4.78 is 5.64. The molecule has 29 heavy (non-hydrogen) atoms. The van der Waals surface area contributed by atoms with Gasteiger partial charge in [-0.25, -0.2) is 0 Å². The summed E-state index contributed by atoms with van der Waals surface area (Å²) in [6.07, 6.45) is 3.73. The topological polar surface area (TPSA) is 124 Å². The van der Waals surface area contributed by atoms with Gasteiger partial charge < -0.3 is 25.0 Å². The van der Waals surface area contributed by atoms with E-state index in [1.54, 1.807) is 19.0 Å². The fourth-order valence-electron chi connectivity index (χ4n) is 3.55. The number of hydrogen-bond acceptors (Lipinski definition) is 8. The highest BCUT2D eigenvalue weighted by molar-refractivity contribution is 6.31. The average Bonchev–Trinajstić information content (AvgIpc) is 2.91. The molecule has 8 heteroatoms. The predicted octanol–water partition coefficient (Wildman–Crippen LogP) is 2.18. The van der Waals surface area contributed by atoms with Gasteiger partial charge in [-0.15, -0.1) is 0 Å². The summed E-state index contributed by atoms with van der Waals surface area (Å²) >= 11 is 0. The number of allylic oxidation sites excluding steroid dienone is 4. The molecule has 1 aliphatic heterocycles. The number of aromatic hydroxyl groups is 2. The van der Waals surface area contributed by atoms with Crippen LogP contribution in [-0.4, -0.2) is 51.7 Å². The van der Waals surface area contributed by atoms with Gasteiger partial charge in [-0.05, 0) is 26.8 Å². The van der Waals surface area contributed by atoms with Crippen LogP contribution in [0.2, 0.25) is 0 Å². The summed E-state index contributed by atoms with van der Waals surface area (Å²) in [4.78, 5) is 39.6. The van der Waals surface area contributed by atoms with Gasteiger partial charge in [-0.2, -0.15) is 0 Å². The van der Waals surface area contributed by atoms with E-state index in [0.29, 0.717) is 0 Å². The summed E-state index contributed by atoms with van der Waals surface area (Å²) in [7, 11) is 3.41. The van der Waals surface area contributed by atoms with E-state index in [-0.39, 0.29) is 28.2 Å². The minimum absolute atomic E-state index is 0.00646. The van der Waals surface area contributed by atoms with Crippen LogP contribution < -0.4 is 4.74 Å². The number of carbonyl (C=O) groups is 3. The third-order valence-electron chi connectivity index (χ3n) is 5.17. The van der Waals surface area contributed by atoms with Crippen LogP contribution in [0.1, 0.15) is 35.3 Å². The number of hydrogen-bond donors (Lipinski definition) is 3.